The van der Waals surface area contributed by atoms with Crippen LogP contribution in [0.25, 0.3) is 5.57 Å². The second kappa shape index (κ2) is 6.89. The first-order valence-electron chi connectivity index (χ1n) is 6.84. The molecule has 0 fully saturated rings. The average Bonchev–Trinajstić information content (AvgIpc) is 2.46. The lowest BCUT2D eigenvalue weighted by molar-refractivity contribution is 1.05. The Balaban J connectivity index is 2.19. The number of allylic oxidation sites excluding steroid dienone is 6. The first-order valence-corrected chi connectivity index (χ1v) is 6.84. The van der Waals surface area contributed by atoms with E-state index < -0.39 is 0 Å². The average molecular weight is 251 g/mol. The fraction of sp³-hybridized carbons (Fsp3) is 0.278. The molecule has 1 aromatic rings. The summed E-state index contributed by atoms with van der Waals surface area (Å²) in [4.78, 5) is 3.95. The van der Waals surface area contributed by atoms with E-state index in [0.29, 0.717) is 0 Å². The van der Waals surface area contributed by atoms with E-state index in [9.17, 15) is 0 Å². The van der Waals surface area contributed by atoms with Crippen molar-refractivity contribution < 1.29 is 0 Å². The highest BCUT2D eigenvalue weighted by Gasteiger charge is 2.05. The summed E-state index contributed by atoms with van der Waals surface area (Å²) in [7, 11) is 1.79. The van der Waals surface area contributed by atoms with E-state index >= 15 is 0 Å². The molecule has 1 nitrogen and oxygen atoms in total. The molecule has 0 amide bonds. The summed E-state index contributed by atoms with van der Waals surface area (Å²) in [5.74, 6) is 0. The molecule has 98 valence electrons. The third kappa shape index (κ3) is 3.78. The van der Waals surface area contributed by atoms with Crippen molar-refractivity contribution in [1.82, 2.24) is 0 Å². The van der Waals surface area contributed by atoms with Crippen LogP contribution in [0.4, 0.5) is 0 Å². The quantitative estimate of drug-likeness (QED) is 0.697. The maximum Gasteiger partial charge on any atom is 0.0277 e. The van der Waals surface area contributed by atoms with Gasteiger partial charge in [-0.2, -0.15) is 0 Å². The van der Waals surface area contributed by atoms with Gasteiger partial charge in [0.2, 0.25) is 0 Å². The van der Waals surface area contributed by atoms with Gasteiger partial charge in [0, 0.05) is 13.3 Å². The van der Waals surface area contributed by atoms with Crippen LogP contribution in [0.3, 0.4) is 0 Å². The Bertz CT molecular complexity index is 545. The van der Waals surface area contributed by atoms with E-state index in [0.717, 1.165) is 19.3 Å². The molecule has 0 bridgehead atoms. The molecular formula is C18H21N. The Morgan fingerprint density at radius 2 is 2.21 bits per heavy atom. The molecule has 0 unspecified atom stereocenters. The summed E-state index contributed by atoms with van der Waals surface area (Å²) < 4.78 is 0. The van der Waals surface area contributed by atoms with Crippen molar-refractivity contribution in [3.8, 4) is 0 Å². The minimum Gasteiger partial charge on any atom is -0.297 e. The highest BCUT2D eigenvalue weighted by Crippen LogP contribution is 2.25. The molecule has 0 radical (unpaired) electrons. The first-order chi connectivity index (χ1) is 9.31. The molecule has 2 rings (SSSR count). The van der Waals surface area contributed by atoms with Gasteiger partial charge < -0.3 is 0 Å². The maximum absolute atomic E-state index is 3.95. The maximum atomic E-state index is 3.95. The standard InChI is InChI=1S/C18H21N/c1-15-11-12-18(16-8-4-3-5-9-16)14-17(15)10-6-7-13-19-2/h3-4,6-8,11-14H,5,9-10H2,1-2H3/b7-6-,19-13?. The molecule has 0 aliphatic heterocycles. The molecule has 1 aliphatic rings. The van der Waals surface area contributed by atoms with E-state index in [4.69, 9.17) is 0 Å². The van der Waals surface area contributed by atoms with Crippen LogP contribution >= 0.6 is 0 Å². The SMILES string of the molecule is CN=C/C=C\Cc1cc(C2=CC=CCC2)ccc1C. The van der Waals surface area contributed by atoms with Crippen LogP contribution in [0.5, 0.6) is 0 Å². The largest absolute Gasteiger partial charge is 0.297 e. The normalized spacial score (nSPS) is 15.4. The summed E-state index contributed by atoms with van der Waals surface area (Å²) in [5.41, 5.74) is 5.56. The topological polar surface area (TPSA) is 12.4 Å². The Kier molecular flexibility index (Phi) is 4.91. The predicted molar refractivity (Wildman–Crippen MR) is 84.8 cm³/mol. The van der Waals surface area contributed by atoms with Gasteiger partial charge in [0.1, 0.15) is 0 Å². The van der Waals surface area contributed by atoms with Gasteiger partial charge in [-0.05, 0) is 54.5 Å². The summed E-state index contributed by atoms with van der Waals surface area (Å²) in [6.45, 7) is 2.18. The van der Waals surface area contributed by atoms with Crippen molar-refractivity contribution in [3.63, 3.8) is 0 Å². The number of hydrogen-bond donors (Lipinski definition) is 0. The molecule has 19 heavy (non-hydrogen) atoms. The predicted octanol–water partition coefficient (Wildman–Crippen LogP) is 4.53. The molecule has 1 heteroatoms. The van der Waals surface area contributed by atoms with Crippen molar-refractivity contribution in [2.24, 2.45) is 4.99 Å². The lowest BCUT2D eigenvalue weighted by Gasteiger charge is -2.12. The highest BCUT2D eigenvalue weighted by molar-refractivity contribution is 5.71. The summed E-state index contributed by atoms with van der Waals surface area (Å²) >= 11 is 0. The van der Waals surface area contributed by atoms with Gasteiger partial charge in [0.15, 0.2) is 0 Å². The van der Waals surface area contributed by atoms with Gasteiger partial charge in [-0.1, -0.05) is 42.5 Å². The first kappa shape index (κ1) is 13.5. The molecule has 0 saturated carbocycles. The van der Waals surface area contributed by atoms with Crippen molar-refractivity contribution in [2.75, 3.05) is 7.05 Å². The van der Waals surface area contributed by atoms with Crippen LogP contribution in [0.2, 0.25) is 0 Å². The molecular weight excluding hydrogens is 230 g/mol. The molecule has 1 aromatic carbocycles. The van der Waals surface area contributed by atoms with E-state index in [1.165, 1.54) is 22.3 Å². The molecule has 1 aliphatic carbocycles. The van der Waals surface area contributed by atoms with Crippen molar-refractivity contribution in [3.05, 3.63) is 65.3 Å². The lowest BCUT2D eigenvalue weighted by atomic mass is 9.93. The van der Waals surface area contributed by atoms with E-state index in [1.54, 1.807) is 7.05 Å². The smallest absolute Gasteiger partial charge is 0.0277 e. The zero-order chi connectivity index (χ0) is 13.5. The van der Waals surface area contributed by atoms with Crippen LogP contribution in [-0.2, 0) is 6.42 Å². The third-order valence-electron chi connectivity index (χ3n) is 3.44. The second-order valence-electron chi connectivity index (χ2n) is 4.84. The third-order valence-corrected chi connectivity index (χ3v) is 3.44. The van der Waals surface area contributed by atoms with Crippen molar-refractivity contribution in [2.45, 2.75) is 26.2 Å². The Labute approximate surface area is 116 Å². The molecule has 0 atom stereocenters. The van der Waals surface area contributed by atoms with Crippen LogP contribution in [-0.4, -0.2) is 13.3 Å². The van der Waals surface area contributed by atoms with Gasteiger partial charge in [-0.25, -0.2) is 0 Å². The monoisotopic (exact) mass is 251 g/mol. The fourth-order valence-corrected chi connectivity index (χ4v) is 2.28. The Morgan fingerprint density at radius 3 is 2.95 bits per heavy atom. The van der Waals surface area contributed by atoms with Gasteiger partial charge in [-0.3, -0.25) is 4.99 Å². The van der Waals surface area contributed by atoms with Crippen LogP contribution in [0.15, 0.2) is 53.6 Å². The number of aryl methyl sites for hydroxylation is 1. The summed E-state index contributed by atoms with van der Waals surface area (Å²) in [5, 5.41) is 0. The summed E-state index contributed by atoms with van der Waals surface area (Å²) in [6.07, 6.45) is 15.9. The zero-order valence-corrected chi connectivity index (χ0v) is 11.8. The van der Waals surface area contributed by atoms with E-state index in [2.05, 4.69) is 54.4 Å². The Hall–Kier alpha value is -1.89. The van der Waals surface area contributed by atoms with Crippen LogP contribution in [0, 0.1) is 6.92 Å². The molecule has 0 aromatic heterocycles. The van der Waals surface area contributed by atoms with Crippen molar-refractivity contribution >= 4 is 11.8 Å². The molecule has 0 spiro atoms. The molecule has 0 heterocycles. The van der Waals surface area contributed by atoms with Crippen molar-refractivity contribution in [1.29, 1.82) is 0 Å². The fourth-order valence-electron chi connectivity index (χ4n) is 2.28. The van der Waals surface area contributed by atoms with Gasteiger partial charge in [0.05, 0.1) is 0 Å². The minimum absolute atomic E-state index is 0.967. The van der Waals surface area contributed by atoms with Gasteiger partial charge >= 0.3 is 0 Å². The number of benzene rings is 1. The lowest BCUT2D eigenvalue weighted by Crippen LogP contribution is -1.93. The van der Waals surface area contributed by atoms with E-state index in [1.807, 2.05) is 12.3 Å². The number of hydrogen-bond acceptors (Lipinski definition) is 1. The van der Waals surface area contributed by atoms with Gasteiger partial charge in [0.25, 0.3) is 0 Å². The summed E-state index contributed by atoms with van der Waals surface area (Å²) in [6, 6.07) is 6.79. The zero-order valence-electron chi connectivity index (χ0n) is 11.8. The molecule has 0 N–H and O–H groups in total. The number of rotatable bonds is 4. The van der Waals surface area contributed by atoms with Crippen LogP contribution < -0.4 is 0 Å². The number of nitrogens with zero attached hydrogens (tertiary/aromatic N) is 1. The Morgan fingerprint density at radius 1 is 1.32 bits per heavy atom. The van der Waals surface area contributed by atoms with Gasteiger partial charge in [-0.15, -0.1) is 0 Å². The van der Waals surface area contributed by atoms with E-state index in [-0.39, 0.29) is 0 Å². The van der Waals surface area contributed by atoms with Crippen LogP contribution in [0.1, 0.15) is 29.5 Å². The molecule has 0 saturated heterocycles. The second-order valence-corrected chi connectivity index (χ2v) is 4.84. The minimum atomic E-state index is 0.967. The number of aliphatic imine (C=N–C) groups is 1. The highest BCUT2D eigenvalue weighted by atomic mass is 14.6.